The Morgan fingerprint density at radius 2 is 1.50 bits per heavy atom. The van der Waals surface area contributed by atoms with Crippen LogP contribution >= 0.6 is 0 Å². The van der Waals surface area contributed by atoms with Crippen LogP contribution in [-0.2, 0) is 9.59 Å². The molecule has 0 saturated heterocycles. The summed E-state index contributed by atoms with van der Waals surface area (Å²) in [5.41, 5.74) is 3.35. The molecule has 0 fully saturated rings. The zero-order valence-corrected chi connectivity index (χ0v) is 19.1. The minimum absolute atomic E-state index is 0.0370. The summed E-state index contributed by atoms with van der Waals surface area (Å²) < 4.78 is 1.70. The Morgan fingerprint density at radius 3 is 2.18 bits per heavy atom. The second kappa shape index (κ2) is 10.5. The highest BCUT2D eigenvalue weighted by Gasteiger charge is 2.16. The molecule has 2 amide bonds. The third-order valence-corrected chi connectivity index (χ3v) is 5.03. The molecule has 4 aromatic rings. The van der Waals surface area contributed by atoms with Crippen LogP contribution in [0.1, 0.15) is 5.69 Å². The summed E-state index contributed by atoms with van der Waals surface area (Å²) in [7, 11) is 1.72. The van der Waals surface area contributed by atoms with Crippen LogP contribution in [0.3, 0.4) is 0 Å². The number of hydrogen-bond acceptors (Lipinski definition) is 5. The molecule has 2 aromatic carbocycles. The molecule has 172 valence electrons. The van der Waals surface area contributed by atoms with Gasteiger partial charge >= 0.3 is 0 Å². The van der Waals surface area contributed by atoms with Gasteiger partial charge < -0.3 is 10.6 Å². The first-order valence-electron chi connectivity index (χ1n) is 10.9. The number of nitrogens with one attached hydrogen (secondary N) is 2. The summed E-state index contributed by atoms with van der Waals surface area (Å²) >= 11 is 0. The molecular weight excluding hydrogens is 428 g/mol. The van der Waals surface area contributed by atoms with Gasteiger partial charge in [0, 0.05) is 17.3 Å². The van der Waals surface area contributed by atoms with Gasteiger partial charge in [0.05, 0.1) is 24.5 Å². The molecule has 0 atom stereocenters. The van der Waals surface area contributed by atoms with Gasteiger partial charge in [0.2, 0.25) is 11.8 Å². The van der Waals surface area contributed by atoms with Gasteiger partial charge in [-0.1, -0.05) is 54.6 Å². The molecule has 0 aliphatic heterocycles. The molecule has 0 saturated carbocycles. The summed E-state index contributed by atoms with van der Waals surface area (Å²) in [4.78, 5) is 31.0. The molecule has 8 nitrogen and oxygen atoms in total. The van der Waals surface area contributed by atoms with E-state index in [2.05, 4.69) is 15.6 Å². The number of carbonyl (C=O) groups is 2. The monoisotopic (exact) mass is 454 g/mol. The van der Waals surface area contributed by atoms with E-state index >= 15 is 0 Å². The number of aromatic nitrogens is 3. The number of anilines is 2. The van der Waals surface area contributed by atoms with E-state index in [1.807, 2.05) is 85.8 Å². The molecule has 2 N–H and O–H groups in total. The van der Waals surface area contributed by atoms with Crippen LogP contribution in [0.25, 0.3) is 16.9 Å². The molecule has 34 heavy (non-hydrogen) atoms. The van der Waals surface area contributed by atoms with Crippen LogP contribution in [0.2, 0.25) is 0 Å². The average Bonchev–Trinajstić information content (AvgIpc) is 3.23. The van der Waals surface area contributed by atoms with E-state index in [9.17, 15) is 9.59 Å². The predicted octanol–water partition coefficient (Wildman–Crippen LogP) is 3.75. The van der Waals surface area contributed by atoms with Crippen molar-refractivity contribution < 1.29 is 9.59 Å². The van der Waals surface area contributed by atoms with Crippen LogP contribution in [0, 0.1) is 6.92 Å². The predicted molar refractivity (Wildman–Crippen MR) is 133 cm³/mol. The summed E-state index contributed by atoms with van der Waals surface area (Å²) in [6.45, 7) is 1.95. The lowest BCUT2D eigenvalue weighted by Gasteiger charge is -2.16. The lowest BCUT2D eigenvalue weighted by atomic mass is 10.2. The van der Waals surface area contributed by atoms with Gasteiger partial charge in [-0.15, -0.1) is 0 Å². The molecule has 0 radical (unpaired) electrons. The summed E-state index contributed by atoms with van der Waals surface area (Å²) in [6.07, 6.45) is 0. The quantitative estimate of drug-likeness (QED) is 0.423. The smallest absolute Gasteiger partial charge is 0.239 e. The minimum atomic E-state index is -0.249. The Morgan fingerprint density at radius 1 is 0.853 bits per heavy atom. The molecule has 2 heterocycles. The lowest BCUT2D eigenvalue weighted by molar-refractivity contribution is -0.119. The van der Waals surface area contributed by atoms with Crippen molar-refractivity contribution in [2.24, 2.45) is 0 Å². The Hall–Kier alpha value is -4.30. The summed E-state index contributed by atoms with van der Waals surface area (Å²) in [5, 5.41) is 10.4. The third kappa shape index (κ3) is 5.93. The van der Waals surface area contributed by atoms with Crippen LogP contribution in [-0.4, -0.2) is 51.6 Å². The minimum Gasteiger partial charge on any atom is -0.310 e. The first-order chi connectivity index (χ1) is 16.5. The van der Waals surface area contributed by atoms with Crippen molar-refractivity contribution in [2.45, 2.75) is 6.92 Å². The van der Waals surface area contributed by atoms with Crippen LogP contribution < -0.4 is 10.6 Å². The topological polar surface area (TPSA) is 92.2 Å². The van der Waals surface area contributed by atoms with Crippen molar-refractivity contribution in [3.8, 4) is 16.9 Å². The standard InChI is InChI=1S/C26H26N6O2/c1-19-10-9-15-23(27-19)28-25(33)17-31(2)18-26(34)29-24-16-22(20-11-5-3-6-12-20)30-32(24)21-13-7-4-8-14-21/h3-16H,17-18H2,1-2H3,(H,29,34)(H,27,28,33). The van der Waals surface area contributed by atoms with Gasteiger partial charge in [-0.3, -0.25) is 14.5 Å². The number of hydrogen-bond donors (Lipinski definition) is 2. The highest BCUT2D eigenvalue weighted by Crippen LogP contribution is 2.24. The second-order valence-electron chi connectivity index (χ2n) is 7.96. The molecule has 4 rings (SSSR count). The number of para-hydroxylation sites is 1. The Kier molecular flexibility index (Phi) is 7.10. The van der Waals surface area contributed by atoms with Gasteiger partial charge in [-0.2, -0.15) is 5.10 Å². The molecule has 0 aliphatic carbocycles. The molecule has 0 aliphatic rings. The maximum Gasteiger partial charge on any atom is 0.239 e. The Labute approximate surface area is 198 Å². The number of likely N-dealkylation sites (N-methyl/N-ethyl adjacent to an activating group) is 1. The van der Waals surface area contributed by atoms with Crippen molar-refractivity contribution in [3.05, 3.63) is 90.6 Å². The van der Waals surface area contributed by atoms with Gasteiger partial charge in [0.1, 0.15) is 11.6 Å². The third-order valence-electron chi connectivity index (χ3n) is 5.03. The van der Waals surface area contributed by atoms with Crippen molar-refractivity contribution in [3.63, 3.8) is 0 Å². The van der Waals surface area contributed by atoms with E-state index in [4.69, 9.17) is 5.10 Å². The van der Waals surface area contributed by atoms with Crippen molar-refractivity contribution in [2.75, 3.05) is 30.8 Å². The molecule has 2 aromatic heterocycles. The summed E-state index contributed by atoms with van der Waals surface area (Å²) in [5.74, 6) is 0.551. The van der Waals surface area contributed by atoms with E-state index in [1.165, 1.54) is 0 Å². The fourth-order valence-electron chi connectivity index (χ4n) is 3.51. The van der Waals surface area contributed by atoms with E-state index in [0.29, 0.717) is 11.6 Å². The van der Waals surface area contributed by atoms with E-state index in [-0.39, 0.29) is 24.9 Å². The van der Waals surface area contributed by atoms with E-state index in [1.54, 1.807) is 22.7 Å². The number of carbonyl (C=O) groups excluding carboxylic acids is 2. The number of aryl methyl sites for hydroxylation is 1. The number of rotatable bonds is 8. The average molecular weight is 455 g/mol. The normalized spacial score (nSPS) is 10.8. The number of benzene rings is 2. The SMILES string of the molecule is Cc1cccc(NC(=O)CN(C)CC(=O)Nc2cc(-c3ccccc3)nn2-c2ccccc2)n1. The van der Waals surface area contributed by atoms with Gasteiger partial charge in [0.25, 0.3) is 0 Å². The van der Waals surface area contributed by atoms with Gasteiger partial charge in [0.15, 0.2) is 0 Å². The fourth-order valence-corrected chi connectivity index (χ4v) is 3.51. The zero-order chi connectivity index (χ0) is 23.9. The Balaban J connectivity index is 1.43. The molecule has 0 bridgehead atoms. The summed E-state index contributed by atoms with van der Waals surface area (Å²) in [6, 6.07) is 26.6. The molecule has 0 unspecified atom stereocenters. The first-order valence-corrected chi connectivity index (χ1v) is 10.9. The van der Waals surface area contributed by atoms with Crippen molar-refractivity contribution in [1.29, 1.82) is 0 Å². The number of amides is 2. The Bertz CT molecular complexity index is 1270. The second-order valence-corrected chi connectivity index (χ2v) is 7.96. The van der Waals surface area contributed by atoms with Crippen molar-refractivity contribution in [1.82, 2.24) is 19.7 Å². The maximum absolute atomic E-state index is 12.8. The molecule has 8 heteroatoms. The number of nitrogens with zero attached hydrogens (tertiary/aromatic N) is 4. The van der Waals surface area contributed by atoms with Crippen LogP contribution in [0.5, 0.6) is 0 Å². The van der Waals surface area contributed by atoms with E-state index < -0.39 is 0 Å². The van der Waals surface area contributed by atoms with E-state index in [0.717, 1.165) is 22.6 Å². The number of pyridine rings is 1. The van der Waals surface area contributed by atoms with Crippen LogP contribution in [0.15, 0.2) is 84.9 Å². The first kappa shape index (κ1) is 22.9. The fraction of sp³-hybridized carbons (Fsp3) is 0.154. The molecule has 0 spiro atoms. The van der Waals surface area contributed by atoms with Crippen LogP contribution in [0.4, 0.5) is 11.6 Å². The van der Waals surface area contributed by atoms with Gasteiger partial charge in [-0.25, -0.2) is 9.67 Å². The zero-order valence-electron chi connectivity index (χ0n) is 19.1. The maximum atomic E-state index is 12.8. The lowest BCUT2D eigenvalue weighted by Crippen LogP contribution is -2.36. The largest absolute Gasteiger partial charge is 0.310 e. The molecular formula is C26H26N6O2. The highest BCUT2D eigenvalue weighted by molar-refractivity contribution is 5.94. The highest BCUT2D eigenvalue weighted by atomic mass is 16.2. The van der Waals surface area contributed by atoms with Crippen molar-refractivity contribution >= 4 is 23.5 Å². The van der Waals surface area contributed by atoms with Gasteiger partial charge in [-0.05, 0) is 38.2 Å².